The van der Waals surface area contributed by atoms with Gasteiger partial charge in [-0.25, -0.2) is 17.5 Å². The van der Waals surface area contributed by atoms with Gasteiger partial charge in [0.2, 0.25) is 5.88 Å². The highest BCUT2D eigenvalue weighted by Crippen LogP contribution is 2.45. The van der Waals surface area contributed by atoms with Crippen LogP contribution in [0.25, 0.3) is 11.8 Å². The fourth-order valence-electron chi connectivity index (χ4n) is 5.30. The molecule has 1 fully saturated rings. The van der Waals surface area contributed by atoms with Crippen LogP contribution < -0.4 is 4.74 Å². The van der Waals surface area contributed by atoms with E-state index in [0.29, 0.717) is 31.8 Å². The lowest BCUT2D eigenvalue weighted by Crippen LogP contribution is -2.52. The Balaban J connectivity index is 1.38. The largest absolute Gasteiger partial charge is 0.476 e. The van der Waals surface area contributed by atoms with Crippen molar-refractivity contribution in [2.45, 2.75) is 31.3 Å². The van der Waals surface area contributed by atoms with Crippen LogP contribution in [-0.2, 0) is 23.0 Å². The SMILES string of the molecule is CCn1nccc1S(=O)(=O)N1CCC2=Cc3c(cnn3-c3ccc(F)cc3)C[C@]2(COc2cccnn2)C1. The fourth-order valence-corrected chi connectivity index (χ4v) is 6.99. The van der Waals surface area contributed by atoms with E-state index in [-0.39, 0.29) is 24.0 Å². The van der Waals surface area contributed by atoms with Crippen molar-refractivity contribution in [1.29, 1.82) is 0 Å². The molecule has 0 unspecified atom stereocenters. The second-order valence-corrected chi connectivity index (χ2v) is 11.4. The first-order valence-corrected chi connectivity index (χ1v) is 13.8. The third kappa shape index (κ3) is 4.19. The molecule has 12 heteroatoms. The molecule has 1 aromatic carbocycles. The third-order valence-electron chi connectivity index (χ3n) is 7.21. The van der Waals surface area contributed by atoms with Crippen molar-refractivity contribution in [1.82, 2.24) is 34.1 Å². The number of rotatable bonds is 7. The van der Waals surface area contributed by atoms with E-state index >= 15 is 0 Å². The minimum absolute atomic E-state index is 0.179. The van der Waals surface area contributed by atoms with Crippen LogP contribution in [0.1, 0.15) is 24.6 Å². The molecule has 1 saturated heterocycles. The normalized spacial score (nSPS) is 19.5. The number of halogens is 1. The molecule has 0 saturated carbocycles. The summed E-state index contributed by atoms with van der Waals surface area (Å²) >= 11 is 0. The first kappa shape index (κ1) is 24.4. The van der Waals surface area contributed by atoms with Gasteiger partial charge in [-0.05, 0) is 67.8 Å². The third-order valence-corrected chi connectivity index (χ3v) is 9.08. The number of piperidine rings is 1. The Morgan fingerprint density at radius 3 is 2.71 bits per heavy atom. The van der Waals surface area contributed by atoms with Gasteiger partial charge in [0.25, 0.3) is 10.0 Å². The summed E-state index contributed by atoms with van der Waals surface area (Å²) in [6, 6.07) is 11.2. The van der Waals surface area contributed by atoms with Crippen LogP contribution in [0, 0.1) is 11.2 Å². The van der Waals surface area contributed by atoms with E-state index in [1.54, 1.807) is 47.4 Å². The minimum atomic E-state index is -3.79. The minimum Gasteiger partial charge on any atom is -0.476 e. The summed E-state index contributed by atoms with van der Waals surface area (Å²) in [5.41, 5.74) is 3.05. The van der Waals surface area contributed by atoms with Crippen molar-refractivity contribution in [2.75, 3.05) is 19.7 Å². The number of benzene rings is 1. The number of sulfonamides is 1. The Hall–Kier alpha value is -3.90. The van der Waals surface area contributed by atoms with Crippen LogP contribution in [0.15, 0.2) is 71.7 Å². The Morgan fingerprint density at radius 2 is 1.95 bits per heavy atom. The van der Waals surface area contributed by atoms with Gasteiger partial charge in [0.05, 0.1) is 23.8 Å². The molecule has 1 atom stereocenters. The molecule has 3 aromatic heterocycles. The summed E-state index contributed by atoms with van der Waals surface area (Å²) < 4.78 is 51.9. The molecule has 2 aliphatic rings. The fraction of sp³-hybridized carbons (Fsp3) is 0.308. The molecule has 1 aliphatic carbocycles. The average Bonchev–Trinajstić information content (AvgIpc) is 3.59. The zero-order chi connectivity index (χ0) is 26.3. The van der Waals surface area contributed by atoms with Crippen molar-refractivity contribution in [2.24, 2.45) is 5.41 Å². The van der Waals surface area contributed by atoms with E-state index in [0.717, 1.165) is 22.5 Å². The number of hydrogen-bond acceptors (Lipinski definition) is 7. The molecule has 4 heterocycles. The quantitative estimate of drug-likeness (QED) is 0.358. The summed E-state index contributed by atoms with van der Waals surface area (Å²) in [7, 11) is -3.79. The Kier molecular flexibility index (Phi) is 6.07. The Morgan fingerprint density at radius 1 is 1.11 bits per heavy atom. The van der Waals surface area contributed by atoms with Gasteiger partial charge < -0.3 is 4.74 Å². The van der Waals surface area contributed by atoms with Crippen molar-refractivity contribution in [3.63, 3.8) is 0 Å². The van der Waals surface area contributed by atoms with E-state index < -0.39 is 15.4 Å². The first-order chi connectivity index (χ1) is 18.4. The number of aryl methyl sites for hydroxylation is 1. The highest BCUT2D eigenvalue weighted by molar-refractivity contribution is 7.89. The highest BCUT2D eigenvalue weighted by Gasteiger charge is 2.47. The zero-order valence-corrected chi connectivity index (χ0v) is 21.6. The highest BCUT2D eigenvalue weighted by atomic mass is 32.2. The topological polar surface area (TPSA) is 108 Å². The lowest BCUT2D eigenvalue weighted by atomic mass is 9.69. The number of nitrogens with zero attached hydrogens (tertiary/aromatic N) is 7. The van der Waals surface area contributed by atoms with Gasteiger partial charge in [-0.3, -0.25) is 4.68 Å². The summed E-state index contributed by atoms with van der Waals surface area (Å²) in [6.07, 6.45) is 7.99. The van der Waals surface area contributed by atoms with Gasteiger partial charge in [0.15, 0.2) is 5.03 Å². The maximum absolute atomic E-state index is 13.7. The van der Waals surface area contributed by atoms with Gasteiger partial charge in [0.1, 0.15) is 12.4 Å². The molecule has 4 aromatic rings. The van der Waals surface area contributed by atoms with E-state index in [1.165, 1.54) is 27.3 Å². The molecule has 0 bridgehead atoms. The molecule has 0 spiro atoms. The van der Waals surface area contributed by atoms with Gasteiger partial charge in [-0.1, -0.05) is 5.57 Å². The van der Waals surface area contributed by atoms with Gasteiger partial charge >= 0.3 is 0 Å². The molecule has 1 aliphatic heterocycles. The van der Waals surface area contributed by atoms with Crippen LogP contribution in [0.4, 0.5) is 4.39 Å². The lowest BCUT2D eigenvalue weighted by Gasteiger charge is -2.45. The van der Waals surface area contributed by atoms with Crippen LogP contribution in [0.2, 0.25) is 0 Å². The van der Waals surface area contributed by atoms with Crippen molar-refractivity contribution >= 4 is 16.1 Å². The predicted octanol–water partition coefficient (Wildman–Crippen LogP) is 3.12. The second-order valence-electron chi connectivity index (χ2n) is 9.49. The van der Waals surface area contributed by atoms with Gasteiger partial charge in [0, 0.05) is 37.3 Å². The Bertz CT molecular complexity index is 1600. The Labute approximate surface area is 219 Å². The summed E-state index contributed by atoms with van der Waals surface area (Å²) in [5, 5.41) is 16.9. The molecule has 10 nitrogen and oxygen atoms in total. The summed E-state index contributed by atoms with van der Waals surface area (Å²) in [4.78, 5) is 0. The van der Waals surface area contributed by atoms with E-state index in [9.17, 15) is 12.8 Å². The molecule has 196 valence electrons. The summed E-state index contributed by atoms with van der Waals surface area (Å²) in [5.74, 6) is 0.0596. The molecule has 0 amide bonds. The molecule has 0 radical (unpaired) electrons. The van der Waals surface area contributed by atoms with Crippen molar-refractivity contribution in [3.05, 3.63) is 83.7 Å². The second kappa shape index (κ2) is 9.44. The maximum atomic E-state index is 13.7. The number of ether oxygens (including phenoxy) is 1. The smallest absolute Gasteiger partial charge is 0.260 e. The zero-order valence-electron chi connectivity index (χ0n) is 20.7. The van der Waals surface area contributed by atoms with Gasteiger partial charge in [-0.2, -0.15) is 19.6 Å². The van der Waals surface area contributed by atoms with E-state index in [2.05, 4.69) is 26.5 Å². The monoisotopic (exact) mass is 535 g/mol. The molecule has 38 heavy (non-hydrogen) atoms. The number of hydrogen-bond donors (Lipinski definition) is 0. The van der Waals surface area contributed by atoms with Crippen LogP contribution in [0.3, 0.4) is 0 Å². The lowest BCUT2D eigenvalue weighted by molar-refractivity contribution is 0.121. The first-order valence-electron chi connectivity index (χ1n) is 12.4. The average molecular weight is 536 g/mol. The van der Waals surface area contributed by atoms with Crippen LogP contribution in [0.5, 0.6) is 5.88 Å². The van der Waals surface area contributed by atoms with Crippen molar-refractivity contribution < 1.29 is 17.5 Å². The van der Waals surface area contributed by atoms with Gasteiger partial charge in [-0.15, -0.1) is 5.10 Å². The van der Waals surface area contributed by atoms with E-state index in [4.69, 9.17) is 4.74 Å². The van der Waals surface area contributed by atoms with E-state index in [1.807, 2.05) is 6.92 Å². The number of fused-ring (bicyclic) bond motifs is 2. The van der Waals surface area contributed by atoms with Crippen LogP contribution >= 0.6 is 0 Å². The predicted molar refractivity (Wildman–Crippen MR) is 136 cm³/mol. The molecular weight excluding hydrogens is 509 g/mol. The summed E-state index contributed by atoms with van der Waals surface area (Å²) in [6.45, 7) is 3.10. The van der Waals surface area contributed by atoms with Crippen LogP contribution in [-0.4, -0.2) is 62.2 Å². The molecular formula is C26H26FN7O3S. The van der Waals surface area contributed by atoms with Crippen molar-refractivity contribution in [3.8, 4) is 11.6 Å². The molecule has 6 rings (SSSR count). The maximum Gasteiger partial charge on any atom is 0.260 e. The number of aromatic nitrogens is 6. The standard InChI is InChI=1S/C26H26FN7O3S/c1-2-33-25(9-12-29-33)38(35,36)32-13-10-20-14-23-19(16-30-34(23)22-7-5-21(27)6-8-22)15-26(20,17-32)18-37-24-4-3-11-28-31-24/h3-9,11-12,14,16H,2,10,13,15,17-18H2,1H3/t26-/m1/s1. The molecule has 0 N–H and O–H groups in total.